The standard InChI is InChI=1S/C21H31N7O/c1-15-19(16(2)26-25-15)13-23-20-5-4-18(12-22-20)21(29)27-10-6-17(7-11-27)14-28-9-3-8-24-28/h3-5,8-9,12,15-17,19,25-26H,6-7,10-11,13-14H2,1-2H3,(H,22,23). The number of nitrogens with one attached hydrogen (secondary N) is 3. The summed E-state index contributed by atoms with van der Waals surface area (Å²) >= 11 is 0. The van der Waals surface area contributed by atoms with Crippen LogP contribution in [0.25, 0.3) is 0 Å². The van der Waals surface area contributed by atoms with Gasteiger partial charge in [0.25, 0.3) is 5.91 Å². The van der Waals surface area contributed by atoms with E-state index >= 15 is 0 Å². The van der Waals surface area contributed by atoms with Gasteiger partial charge in [-0.15, -0.1) is 0 Å². The number of hydrogen-bond acceptors (Lipinski definition) is 6. The molecule has 2 aromatic rings. The summed E-state index contributed by atoms with van der Waals surface area (Å²) in [5.41, 5.74) is 7.19. The number of hydrogen-bond donors (Lipinski definition) is 3. The molecular weight excluding hydrogens is 366 g/mol. The number of rotatable bonds is 6. The van der Waals surface area contributed by atoms with E-state index in [4.69, 9.17) is 0 Å². The zero-order chi connectivity index (χ0) is 20.2. The van der Waals surface area contributed by atoms with Crippen LogP contribution < -0.4 is 16.2 Å². The first kappa shape index (κ1) is 19.8. The molecule has 0 spiro atoms. The molecule has 2 saturated heterocycles. The van der Waals surface area contributed by atoms with E-state index in [1.807, 2.05) is 40.2 Å². The van der Waals surface area contributed by atoms with Crippen LogP contribution in [0.3, 0.4) is 0 Å². The summed E-state index contributed by atoms with van der Waals surface area (Å²) in [7, 11) is 0. The van der Waals surface area contributed by atoms with Crippen LogP contribution in [0.4, 0.5) is 5.82 Å². The maximum Gasteiger partial charge on any atom is 0.255 e. The van der Waals surface area contributed by atoms with Crippen LogP contribution >= 0.6 is 0 Å². The summed E-state index contributed by atoms with van der Waals surface area (Å²) in [6.07, 6.45) is 7.53. The Balaban J connectivity index is 1.26. The smallest absolute Gasteiger partial charge is 0.255 e. The Bertz CT molecular complexity index is 774. The summed E-state index contributed by atoms with van der Waals surface area (Å²) in [4.78, 5) is 19.2. The molecule has 8 heteroatoms. The fourth-order valence-electron chi connectivity index (χ4n) is 4.29. The largest absolute Gasteiger partial charge is 0.370 e. The normalized spacial score (nSPS) is 25.3. The molecule has 2 fully saturated rings. The SMILES string of the molecule is CC1NNC(C)C1CNc1ccc(C(=O)N2CCC(Cn3cccn3)CC2)cn1. The van der Waals surface area contributed by atoms with E-state index in [0.717, 1.165) is 44.8 Å². The van der Waals surface area contributed by atoms with Crippen LogP contribution in [-0.4, -0.2) is 57.3 Å². The average Bonchev–Trinajstić information content (AvgIpc) is 3.37. The molecule has 0 aliphatic carbocycles. The first-order chi connectivity index (χ1) is 14.1. The van der Waals surface area contributed by atoms with Crippen LogP contribution in [0.5, 0.6) is 0 Å². The van der Waals surface area contributed by atoms with Gasteiger partial charge in [0.15, 0.2) is 0 Å². The fraction of sp³-hybridized carbons (Fsp3) is 0.571. The molecule has 0 aromatic carbocycles. The van der Waals surface area contributed by atoms with Gasteiger partial charge in [-0.05, 0) is 50.8 Å². The van der Waals surface area contributed by atoms with E-state index < -0.39 is 0 Å². The molecule has 0 radical (unpaired) electrons. The van der Waals surface area contributed by atoms with E-state index in [1.165, 1.54) is 0 Å². The maximum absolute atomic E-state index is 12.8. The third-order valence-electron chi connectivity index (χ3n) is 6.26. The van der Waals surface area contributed by atoms with Crippen molar-refractivity contribution in [3.05, 3.63) is 42.4 Å². The monoisotopic (exact) mass is 397 g/mol. The second kappa shape index (κ2) is 8.92. The zero-order valence-electron chi connectivity index (χ0n) is 17.2. The number of carbonyl (C=O) groups is 1. The first-order valence-electron chi connectivity index (χ1n) is 10.6. The van der Waals surface area contributed by atoms with Gasteiger partial charge in [0.1, 0.15) is 5.82 Å². The highest BCUT2D eigenvalue weighted by atomic mass is 16.2. The van der Waals surface area contributed by atoms with Crippen LogP contribution in [0.2, 0.25) is 0 Å². The molecule has 3 N–H and O–H groups in total. The third kappa shape index (κ3) is 4.76. The van der Waals surface area contributed by atoms with Crippen molar-refractivity contribution in [2.75, 3.05) is 25.0 Å². The molecule has 1 amide bonds. The number of pyridine rings is 1. The van der Waals surface area contributed by atoms with Gasteiger partial charge < -0.3 is 10.2 Å². The van der Waals surface area contributed by atoms with E-state index in [-0.39, 0.29) is 5.91 Å². The molecule has 2 aliphatic rings. The Morgan fingerprint density at radius 1 is 1.21 bits per heavy atom. The van der Waals surface area contributed by atoms with Crippen molar-refractivity contribution in [3.63, 3.8) is 0 Å². The zero-order valence-corrected chi connectivity index (χ0v) is 17.2. The summed E-state index contributed by atoms with van der Waals surface area (Å²) in [5.74, 6) is 1.95. The van der Waals surface area contributed by atoms with Crippen molar-refractivity contribution in [2.24, 2.45) is 11.8 Å². The van der Waals surface area contributed by atoms with E-state index in [9.17, 15) is 4.79 Å². The van der Waals surface area contributed by atoms with Crippen molar-refractivity contribution < 1.29 is 4.79 Å². The minimum absolute atomic E-state index is 0.0769. The molecular formula is C21H31N7O. The van der Waals surface area contributed by atoms with E-state index in [2.05, 4.69) is 40.1 Å². The molecule has 8 nitrogen and oxygen atoms in total. The van der Waals surface area contributed by atoms with Gasteiger partial charge in [0.05, 0.1) is 5.56 Å². The Morgan fingerprint density at radius 2 is 1.97 bits per heavy atom. The van der Waals surface area contributed by atoms with Crippen molar-refractivity contribution in [2.45, 2.75) is 45.3 Å². The number of likely N-dealkylation sites (tertiary alicyclic amines) is 1. The second-order valence-electron chi connectivity index (χ2n) is 8.31. The van der Waals surface area contributed by atoms with Gasteiger partial charge in [-0.3, -0.25) is 20.3 Å². The molecule has 0 saturated carbocycles. The van der Waals surface area contributed by atoms with Crippen molar-refractivity contribution in [1.29, 1.82) is 0 Å². The van der Waals surface area contributed by atoms with Gasteiger partial charge in [-0.2, -0.15) is 5.10 Å². The number of amides is 1. The second-order valence-corrected chi connectivity index (χ2v) is 8.31. The minimum Gasteiger partial charge on any atom is -0.370 e. The lowest BCUT2D eigenvalue weighted by Crippen LogP contribution is -2.39. The summed E-state index contributed by atoms with van der Waals surface area (Å²) < 4.78 is 1.98. The van der Waals surface area contributed by atoms with Crippen molar-refractivity contribution >= 4 is 11.7 Å². The number of anilines is 1. The van der Waals surface area contributed by atoms with Crippen LogP contribution in [0.15, 0.2) is 36.8 Å². The van der Waals surface area contributed by atoms with Gasteiger partial charge in [0, 0.05) is 62.8 Å². The van der Waals surface area contributed by atoms with Crippen LogP contribution in [-0.2, 0) is 6.54 Å². The number of nitrogens with zero attached hydrogens (tertiary/aromatic N) is 4. The van der Waals surface area contributed by atoms with Crippen LogP contribution in [0.1, 0.15) is 37.0 Å². The van der Waals surface area contributed by atoms with E-state index in [0.29, 0.717) is 29.5 Å². The van der Waals surface area contributed by atoms with Crippen LogP contribution in [0, 0.1) is 11.8 Å². The number of hydrazine groups is 1. The highest BCUT2D eigenvalue weighted by Gasteiger charge is 2.29. The predicted octanol–water partition coefficient (Wildman–Crippen LogP) is 1.74. The van der Waals surface area contributed by atoms with Gasteiger partial charge >= 0.3 is 0 Å². The number of carbonyl (C=O) groups excluding carboxylic acids is 1. The Hall–Kier alpha value is -2.45. The number of piperidine rings is 1. The first-order valence-corrected chi connectivity index (χ1v) is 10.6. The predicted molar refractivity (Wildman–Crippen MR) is 112 cm³/mol. The fourth-order valence-corrected chi connectivity index (χ4v) is 4.29. The lowest BCUT2D eigenvalue weighted by atomic mass is 9.96. The Kier molecular flexibility index (Phi) is 6.10. The molecule has 0 bridgehead atoms. The summed E-state index contributed by atoms with van der Waals surface area (Å²) in [5, 5.41) is 7.68. The summed E-state index contributed by atoms with van der Waals surface area (Å²) in [6, 6.07) is 6.56. The molecule has 29 heavy (non-hydrogen) atoms. The third-order valence-corrected chi connectivity index (χ3v) is 6.26. The van der Waals surface area contributed by atoms with Gasteiger partial charge in [-0.1, -0.05) is 0 Å². The van der Waals surface area contributed by atoms with Gasteiger partial charge in [-0.25, -0.2) is 4.98 Å². The molecule has 2 unspecified atom stereocenters. The van der Waals surface area contributed by atoms with Crippen molar-refractivity contribution in [3.8, 4) is 0 Å². The molecule has 2 aromatic heterocycles. The van der Waals surface area contributed by atoms with Crippen molar-refractivity contribution in [1.82, 2.24) is 30.5 Å². The highest BCUT2D eigenvalue weighted by Crippen LogP contribution is 2.21. The minimum atomic E-state index is 0.0769. The molecule has 4 heterocycles. The topological polar surface area (TPSA) is 87.1 Å². The maximum atomic E-state index is 12.8. The Labute approximate surface area is 172 Å². The summed E-state index contributed by atoms with van der Waals surface area (Å²) in [6.45, 7) is 7.71. The average molecular weight is 398 g/mol. The van der Waals surface area contributed by atoms with E-state index in [1.54, 1.807) is 6.20 Å². The molecule has 2 atom stereocenters. The quantitative estimate of drug-likeness (QED) is 0.688. The molecule has 156 valence electrons. The lowest BCUT2D eigenvalue weighted by molar-refractivity contribution is 0.0681. The lowest BCUT2D eigenvalue weighted by Gasteiger charge is -2.32. The Morgan fingerprint density at radius 3 is 2.59 bits per heavy atom. The van der Waals surface area contributed by atoms with Gasteiger partial charge in [0.2, 0.25) is 0 Å². The molecule has 2 aliphatic heterocycles. The highest BCUT2D eigenvalue weighted by molar-refractivity contribution is 5.94. The number of aromatic nitrogens is 3. The molecule has 4 rings (SSSR count).